The molecule has 23 heavy (non-hydrogen) atoms. The fourth-order valence-corrected chi connectivity index (χ4v) is 2.31. The van der Waals surface area contributed by atoms with Crippen molar-refractivity contribution in [2.45, 2.75) is 0 Å². The van der Waals surface area contributed by atoms with E-state index in [-0.39, 0.29) is 11.4 Å². The minimum atomic E-state index is -0.540. The highest BCUT2D eigenvalue weighted by molar-refractivity contribution is 6.42. The fourth-order valence-electron chi connectivity index (χ4n) is 2.01. The third-order valence-corrected chi connectivity index (χ3v) is 3.89. The Labute approximate surface area is 141 Å². The number of carbonyl (C=O) groups excluding carboxylic acids is 1. The predicted octanol–water partition coefficient (Wildman–Crippen LogP) is 5.64. The number of hydrogen-bond donors (Lipinski definition) is 1. The molecule has 3 nitrogen and oxygen atoms in total. The van der Waals surface area contributed by atoms with Crippen molar-refractivity contribution in [3.8, 4) is 11.3 Å². The van der Waals surface area contributed by atoms with E-state index in [4.69, 9.17) is 27.6 Å². The maximum Gasteiger partial charge on any atom is 0.291 e. The number of hydrogen-bond acceptors (Lipinski definition) is 2. The molecule has 0 fully saturated rings. The summed E-state index contributed by atoms with van der Waals surface area (Å²) in [6.07, 6.45) is 0. The Morgan fingerprint density at radius 3 is 2.52 bits per heavy atom. The molecule has 0 aliphatic carbocycles. The Morgan fingerprint density at radius 1 is 1.00 bits per heavy atom. The summed E-state index contributed by atoms with van der Waals surface area (Å²) in [5.74, 6) is -0.532. The number of anilines is 1. The molecule has 6 heteroatoms. The summed E-state index contributed by atoms with van der Waals surface area (Å²) in [6, 6.07) is 14.1. The Bertz CT molecular complexity index is 877. The summed E-state index contributed by atoms with van der Waals surface area (Å²) in [6.45, 7) is 0. The molecule has 0 bridgehead atoms. The van der Waals surface area contributed by atoms with Crippen LogP contribution in [0.15, 0.2) is 59.0 Å². The molecule has 3 rings (SSSR count). The lowest BCUT2D eigenvalue weighted by atomic mass is 10.2. The number of halogens is 3. The molecule has 3 aromatic rings. The van der Waals surface area contributed by atoms with Crippen LogP contribution in [0.25, 0.3) is 11.3 Å². The molecule has 2 aromatic carbocycles. The molecule has 0 atom stereocenters. The molecule has 1 heterocycles. The molecule has 0 aliphatic heterocycles. The van der Waals surface area contributed by atoms with Crippen molar-refractivity contribution in [3.05, 3.63) is 76.2 Å². The summed E-state index contributed by atoms with van der Waals surface area (Å²) >= 11 is 11.8. The van der Waals surface area contributed by atoms with Crippen LogP contribution in [0, 0.1) is 5.82 Å². The SMILES string of the molecule is O=C(Nc1ccccc1F)c1ccc(-c2ccc(Cl)c(Cl)c2)o1. The van der Waals surface area contributed by atoms with E-state index in [1.54, 1.807) is 36.4 Å². The molecule has 0 unspecified atom stereocenters. The third kappa shape index (κ3) is 3.38. The monoisotopic (exact) mass is 349 g/mol. The number of para-hydroxylation sites is 1. The lowest BCUT2D eigenvalue weighted by molar-refractivity contribution is 0.0997. The van der Waals surface area contributed by atoms with Crippen LogP contribution in [0.5, 0.6) is 0 Å². The first-order valence-corrected chi connectivity index (χ1v) is 7.41. The molecule has 1 amide bonds. The van der Waals surface area contributed by atoms with Gasteiger partial charge < -0.3 is 9.73 Å². The normalized spacial score (nSPS) is 10.6. The molecule has 0 aliphatic rings. The number of carbonyl (C=O) groups is 1. The lowest BCUT2D eigenvalue weighted by Gasteiger charge is -2.04. The highest BCUT2D eigenvalue weighted by Gasteiger charge is 2.14. The van der Waals surface area contributed by atoms with Gasteiger partial charge in [0.1, 0.15) is 11.6 Å². The fraction of sp³-hybridized carbons (Fsp3) is 0. The standard InChI is InChI=1S/C17H10Cl2FNO2/c18-11-6-5-10(9-12(11)19)15-7-8-16(23-15)17(22)21-14-4-2-1-3-13(14)20/h1-9H,(H,21,22). The van der Waals surface area contributed by atoms with Crippen molar-refractivity contribution < 1.29 is 13.6 Å². The van der Waals surface area contributed by atoms with Gasteiger partial charge in [0.15, 0.2) is 5.76 Å². The van der Waals surface area contributed by atoms with Gasteiger partial charge in [0.2, 0.25) is 0 Å². The van der Waals surface area contributed by atoms with E-state index in [0.29, 0.717) is 21.4 Å². The van der Waals surface area contributed by atoms with Gasteiger partial charge in [0.25, 0.3) is 5.91 Å². The number of rotatable bonds is 3. The Kier molecular flexibility index (Phi) is 4.37. The number of benzene rings is 2. The van der Waals surface area contributed by atoms with E-state index in [2.05, 4.69) is 5.32 Å². The van der Waals surface area contributed by atoms with Gasteiger partial charge in [0, 0.05) is 5.56 Å². The summed E-state index contributed by atoms with van der Waals surface area (Å²) in [4.78, 5) is 12.1. The molecular formula is C17H10Cl2FNO2. The molecule has 1 N–H and O–H groups in total. The van der Waals surface area contributed by atoms with Gasteiger partial charge >= 0.3 is 0 Å². The summed E-state index contributed by atoms with van der Waals surface area (Å²) in [5, 5.41) is 3.27. The Balaban J connectivity index is 1.82. The lowest BCUT2D eigenvalue weighted by Crippen LogP contribution is -2.11. The second-order valence-corrected chi connectivity index (χ2v) is 5.54. The maximum absolute atomic E-state index is 13.5. The van der Waals surface area contributed by atoms with E-state index >= 15 is 0 Å². The Hall–Kier alpha value is -2.30. The zero-order valence-corrected chi connectivity index (χ0v) is 13.2. The van der Waals surface area contributed by atoms with Crippen LogP contribution in [0.1, 0.15) is 10.6 Å². The van der Waals surface area contributed by atoms with Crippen LogP contribution in [-0.2, 0) is 0 Å². The first-order chi connectivity index (χ1) is 11.0. The van der Waals surface area contributed by atoms with Crippen LogP contribution in [0.2, 0.25) is 10.0 Å². The average Bonchev–Trinajstić information content (AvgIpc) is 3.02. The van der Waals surface area contributed by atoms with Crippen molar-refractivity contribution in [1.82, 2.24) is 0 Å². The summed E-state index contributed by atoms with van der Waals surface area (Å²) in [5.41, 5.74) is 0.773. The van der Waals surface area contributed by atoms with Crippen LogP contribution in [0.4, 0.5) is 10.1 Å². The van der Waals surface area contributed by atoms with Crippen LogP contribution in [-0.4, -0.2) is 5.91 Å². The van der Waals surface area contributed by atoms with Crippen molar-refractivity contribution in [2.24, 2.45) is 0 Å². The Morgan fingerprint density at radius 2 is 1.78 bits per heavy atom. The minimum absolute atomic E-state index is 0.0642. The largest absolute Gasteiger partial charge is 0.451 e. The van der Waals surface area contributed by atoms with Gasteiger partial charge in [-0.15, -0.1) is 0 Å². The second-order valence-electron chi connectivity index (χ2n) is 4.73. The molecule has 0 saturated heterocycles. The topological polar surface area (TPSA) is 42.2 Å². The average molecular weight is 350 g/mol. The first-order valence-electron chi connectivity index (χ1n) is 6.66. The van der Waals surface area contributed by atoms with Crippen LogP contribution in [0.3, 0.4) is 0 Å². The summed E-state index contributed by atoms with van der Waals surface area (Å²) in [7, 11) is 0. The zero-order valence-electron chi connectivity index (χ0n) is 11.6. The maximum atomic E-state index is 13.5. The molecule has 116 valence electrons. The van der Waals surface area contributed by atoms with E-state index in [9.17, 15) is 9.18 Å². The van der Waals surface area contributed by atoms with Crippen molar-refractivity contribution in [3.63, 3.8) is 0 Å². The van der Waals surface area contributed by atoms with Gasteiger partial charge in [-0.05, 0) is 42.5 Å². The van der Waals surface area contributed by atoms with E-state index in [1.165, 1.54) is 18.2 Å². The second kappa shape index (κ2) is 6.44. The number of nitrogens with one attached hydrogen (secondary N) is 1. The van der Waals surface area contributed by atoms with Crippen molar-refractivity contribution in [1.29, 1.82) is 0 Å². The number of amides is 1. The molecular weight excluding hydrogens is 340 g/mol. The highest BCUT2D eigenvalue weighted by Crippen LogP contribution is 2.29. The highest BCUT2D eigenvalue weighted by atomic mass is 35.5. The minimum Gasteiger partial charge on any atom is -0.451 e. The van der Waals surface area contributed by atoms with E-state index < -0.39 is 11.7 Å². The van der Waals surface area contributed by atoms with Gasteiger partial charge in [0.05, 0.1) is 15.7 Å². The summed E-state index contributed by atoms with van der Waals surface area (Å²) < 4.78 is 19.0. The van der Waals surface area contributed by atoms with Crippen molar-refractivity contribution in [2.75, 3.05) is 5.32 Å². The molecule has 0 spiro atoms. The smallest absolute Gasteiger partial charge is 0.291 e. The van der Waals surface area contributed by atoms with Crippen molar-refractivity contribution >= 4 is 34.8 Å². The molecule has 0 radical (unpaired) electrons. The predicted molar refractivity (Wildman–Crippen MR) is 88.5 cm³/mol. The zero-order chi connectivity index (χ0) is 16.4. The number of furan rings is 1. The van der Waals surface area contributed by atoms with E-state index in [0.717, 1.165) is 0 Å². The van der Waals surface area contributed by atoms with Gasteiger partial charge in [-0.25, -0.2) is 4.39 Å². The van der Waals surface area contributed by atoms with Gasteiger partial charge in [-0.2, -0.15) is 0 Å². The molecule has 0 saturated carbocycles. The van der Waals surface area contributed by atoms with Crippen LogP contribution < -0.4 is 5.32 Å². The first kappa shape index (κ1) is 15.6. The van der Waals surface area contributed by atoms with E-state index in [1.807, 2.05) is 0 Å². The van der Waals surface area contributed by atoms with Crippen LogP contribution >= 0.6 is 23.2 Å². The van der Waals surface area contributed by atoms with Gasteiger partial charge in [-0.1, -0.05) is 35.3 Å². The quantitative estimate of drug-likeness (QED) is 0.664. The third-order valence-electron chi connectivity index (χ3n) is 3.16. The van der Waals surface area contributed by atoms with Gasteiger partial charge in [-0.3, -0.25) is 4.79 Å². The molecule has 1 aromatic heterocycles.